The predicted molar refractivity (Wildman–Crippen MR) is 67.0 cm³/mol. The van der Waals surface area contributed by atoms with Crippen LogP contribution < -0.4 is 0 Å². The Hall–Kier alpha value is -1.30. The maximum absolute atomic E-state index is 4.90. The molecule has 1 aromatic rings. The molecule has 0 amide bonds. The van der Waals surface area contributed by atoms with Crippen LogP contribution in [-0.4, -0.2) is 31.7 Å². The highest BCUT2D eigenvalue weighted by molar-refractivity contribution is 5.15. The van der Waals surface area contributed by atoms with Crippen molar-refractivity contribution in [3.63, 3.8) is 0 Å². The molecule has 16 heavy (non-hydrogen) atoms. The van der Waals surface area contributed by atoms with E-state index in [-0.39, 0.29) is 6.04 Å². The van der Waals surface area contributed by atoms with E-state index in [4.69, 9.17) is 4.74 Å². The number of hydrogen-bond acceptors (Lipinski definition) is 2. The predicted octanol–water partition coefficient (Wildman–Crippen LogP) is 2.16. The van der Waals surface area contributed by atoms with Gasteiger partial charge in [0, 0.05) is 13.7 Å². The number of hydrogen-bond donors (Lipinski definition) is 0. The van der Waals surface area contributed by atoms with Gasteiger partial charge in [-0.05, 0) is 19.5 Å². The first-order valence-electron chi connectivity index (χ1n) is 5.45. The van der Waals surface area contributed by atoms with Crippen molar-refractivity contribution < 1.29 is 4.74 Å². The highest BCUT2D eigenvalue weighted by atomic mass is 16.5. The molecule has 1 rings (SSSR count). The van der Waals surface area contributed by atoms with Gasteiger partial charge < -0.3 is 4.74 Å². The van der Waals surface area contributed by atoms with Crippen molar-refractivity contribution in [2.75, 3.05) is 20.8 Å². The molecular formula is C14H19NO. The molecule has 86 valence electrons. The molecule has 1 aromatic carbocycles. The van der Waals surface area contributed by atoms with Gasteiger partial charge in [0.25, 0.3) is 0 Å². The van der Waals surface area contributed by atoms with Gasteiger partial charge in [0.2, 0.25) is 0 Å². The zero-order valence-electron chi connectivity index (χ0n) is 10.2. The highest BCUT2D eigenvalue weighted by Gasteiger charge is 2.05. The van der Waals surface area contributed by atoms with E-state index in [1.165, 1.54) is 5.56 Å². The topological polar surface area (TPSA) is 12.5 Å². The van der Waals surface area contributed by atoms with Crippen molar-refractivity contribution in [1.82, 2.24) is 4.90 Å². The lowest BCUT2D eigenvalue weighted by molar-refractivity contribution is 0.239. The third kappa shape index (κ3) is 4.48. The monoisotopic (exact) mass is 217 g/mol. The number of ether oxygens (including phenoxy) is 1. The van der Waals surface area contributed by atoms with Crippen LogP contribution in [0.5, 0.6) is 0 Å². The first kappa shape index (κ1) is 12.8. The Kier molecular flexibility index (Phi) is 5.63. The minimum Gasteiger partial charge on any atom is -0.372 e. The van der Waals surface area contributed by atoms with Crippen molar-refractivity contribution >= 4 is 0 Å². The van der Waals surface area contributed by atoms with Gasteiger partial charge in [0.15, 0.2) is 0 Å². The summed E-state index contributed by atoms with van der Waals surface area (Å²) in [6.07, 6.45) is 0. The summed E-state index contributed by atoms with van der Waals surface area (Å²) in [5.41, 5.74) is 1.31. The molecule has 0 saturated carbocycles. The van der Waals surface area contributed by atoms with Crippen molar-refractivity contribution in [2.45, 2.75) is 19.5 Å². The molecule has 0 aliphatic heterocycles. The molecule has 0 radical (unpaired) electrons. The Morgan fingerprint density at radius 2 is 2.00 bits per heavy atom. The number of methoxy groups -OCH3 is 1. The molecule has 1 atom stereocenters. The molecule has 0 aliphatic rings. The van der Waals surface area contributed by atoms with Gasteiger partial charge in [-0.3, -0.25) is 4.90 Å². The fourth-order valence-corrected chi connectivity index (χ4v) is 1.38. The van der Waals surface area contributed by atoms with E-state index in [1.54, 1.807) is 7.11 Å². The van der Waals surface area contributed by atoms with Gasteiger partial charge in [0.1, 0.15) is 6.61 Å². The number of benzene rings is 1. The molecule has 0 heterocycles. The summed E-state index contributed by atoms with van der Waals surface area (Å²) in [6.45, 7) is 3.53. The van der Waals surface area contributed by atoms with Crippen LogP contribution in [0.4, 0.5) is 0 Å². The first-order chi connectivity index (χ1) is 7.74. The highest BCUT2D eigenvalue weighted by Crippen LogP contribution is 2.05. The third-order valence-electron chi connectivity index (χ3n) is 2.46. The molecular weight excluding hydrogens is 198 g/mol. The molecule has 0 aliphatic carbocycles. The van der Waals surface area contributed by atoms with E-state index in [9.17, 15) is 0 Å². The molecule has 0 fully saturated rings. The standard InChI is InChI=1S/C14H19NO/c1-13(8-7-11-16-3)15(2)12-14-9-5-4-6-10-14/h4-6,9-10,13H,11-12H2,1-3H3/t13-/m1/s1. The summed E-state index contributed by atoms with van der Waals surface area (Å²) in [5, 5.41) is 0. The van der Waals surface area contributed by atoms with Crippen molar-refractivity contribution in [1.29, 1.82) is 0 Å². The molecule has 0 saturated heterocycles. The molecule has 0 spiro atoms. The van der Waals surface area contributed by atoms with Crippen LogP contribution >= 0.6 is 0 Å². The van der Waals surface area contributed by atoms with Crippen LogP contribution in [0.25, 0.3) is 0 Å². The summed E-state index contributed by atoms with van der Waals surface area (Å²) in [5.74, 6) is 6.14. The summed E-state index contributed by atoms with van der Waals surface area (Å²) < 4.78 is 4.90. The third-order valence-corrected chi connectivity index (χ3v) is 2.46. The van der Waals surface area contributed by atoms with Gasteiger partial charge in [-0.25, -0.2) is 0 Å². The van der Waals surface area contributed by atoms with Crippen molar-refractivity contribution in [3.8, 4) is 11.8 Å². The number of nitrogens with zero attached hydrogens (tertiary/aromatic N) is 1. The minimum atomic E-state index is 0.246. The van der Waals surface area contributed by atoms with Gasteiger partial charge in [0.05, 0.1) is 6.04 Å². The van der Waals surface area contributed by atoms with Crippen LogP contribution in [0, 0.1) is 11.8 Å². The lowest BCUT2D eigenvalue weighted by Gasteiger charge is -2.20. The summed E-state index contributed by atoms with van der Waals surface area (Å²) in [4.78, 5) is 2.22. The Labute approximate surface area is 98.2 Å². The Morgan fingerprint density at radius 1 is 1.31 bits per heavy atom. The second kappa shape index (κ2) is 7.05. The maximum atomic E-state index is 4.90. The molecule has 2 nitrogen and oxygen atoms in total. The minimum absolute atomic E-state index is 0.246. The van der Waals surface area contributed by atoms with Crippen LogP contribution in [0.15, 0.2) is 30.3 Å². The normalized spacial score (nSPS) is 12.0. The summed E-state index contributed by atoms with van der Waals surface area (Å²) in [6, 6.07) is 10.7. The molecule has 2 heteroatoms. The van der Waals surface area contributed by atoms with Gasteiger partial charge in [-0.2, -0.15) is 0 Å². The van der Waals surface area contributed by atoms with E-state index in [1.807, 2.05) is 6.07 Å². The molecule has 0 aromatic heterocycles. The average molecular weight is 217 g/mol. The maximum Gasteiger partial charge on any atom is 0.107 e. The van der Waals surface area contributed by atoms with Crippen molar-refractivity contribution in [2.24, 2.45) is 0 Å². The first-order valence-corrected chi connectivity index (χ1v) is 5.45. The SMILES string of the molecule is COCC#C[C@@H](C)N(C)Cc1ccccc1. The Morgan fingerprint density at radius 3 is 2.62 bits per heavy atom. The van der Waals surface area contributed by atoms with Gasteiger partial charge >= 0.3 is 0 Å². The van der Waals surface area contributed by atoms with E-state index >= 15 is 0 Å². The largest absolute Gasteiger partial charge is 0.372 e. The second-order valence-corrected chi connectivity index (χ2v) is 3.83. The van der Waals surface area contributed by atoms with E-state index in [0.29, 0.717) is 6.61 Å². The lowest BCUT2D eigenvalue weighted by Crippen LogP contribution is -2.27. The van der Waals surface area contributed by atoms with Gasteiger partial charge in [-0.1, -0.05) is 42.2 Å². The second-order valence-electron chi connectivity index (χ2n) is 3.83. The number of rotatable bonds is 4. The van der Waals surface area contributed by atoms with E-state index in [0.717, 1.165) is 6.54 Å². The van der Waals surface area contributed by atoms with Crippen LogP contribution in [-0.2, 0) is 11.3 Å². The average Bonchev–Trinajstić information content (AvgIpc) is 2.30. The fraction of sp³-hybridized carbons (Fsp3) is 0.429. The molecule has 0 unspecified atom stereocenters. The quantitative estimate of drug-likeness (QED) is 0.717. The molecule has 0 bridgehead atoms. The smallest absolute Gasteiger partial charge is 0.107 e. The zero-order chi connectivity index (χ0) is 11.8. The van der Waals surface area contributed by atoms with E-state index < -0.39 is 0 Å². The van der Waals surface area contributed by atoms with Crippen LogP contribution in [0.3, 0.4) is 0 Å². The summed E-state index contributed by atoms with van der Waals surface area (Å²) in [7, 11) is 3.74. The zero-order valence-corrected chi connectivity index (χ0v) is 10.2. The van der Waals surface area contributed by atoms with Crippen molar-refractivity contribution in [3.05, 3.63) is 35.9 Å². The van der Waals surface area contributed by atoms with Crippen LogP contribution in [0.2, 0.25) is 0 Å². The molecule has 0 N–H and O–H groups in total. The van der Waals surface area contributed by atoms with Gasteiger partial charge in [-0.15, -0.1) is 0 Å². The Bertz CT molecular complexity index is 350. The lowest BCUT2D eigenvalue weighted by atomic mass is 10.2. The van der Waals surface area contributed by atoms with E-state index in [2.05, 4.69) is 55.0 Å². The Balaban J connectivity index is 2.47. The fourth-order valence-electron chi connectivity index (χ4n) is 1.38. The van der Waals surface area contributed by atoms with Crippen LogP contribution in [0.1, 0.15) is 12.5 Å². The summed E-state index contributed by atoms with van der Waals surface area (Å²) >= 11 is 0.